The first-order valence-electron chi connectivity index (χ1n) is 4.80. The predicted molar refractivity (Wildman–Crippen MR) is 52.5 cm³/mol. The molecule has 0 amide bonds. The van der Waals surface area contributed by atoms with E-state index in [1.54, 1.807) is 0 Å². The minimum atomic E-state index is -0.624. The molecule has 0 aromatic carbocycles. The highest BCUT2D eigenvalue weighted by molar-refractivity contribution is 5.61. The number of rotatable bonds is 1. The molecule has 5 heteroatoms. The summed E-state index contributed by atoms with van der Waals surface area (Å²) in [6, 6.07) is 0. The first-order valence-corrected chi connectivity index (χ1v) is 4.80. The van der Waals surface area contributed by atoms with Gasteiger partial charge in [-0.3, -0.25) is 0 Å². The average Bonchev–Trinajstić information content (AvgIpc) is 2.23. The SMILES string of the molecule is Nc1c(F)ncnc1N1CCCCC1. The molecule has 4 nitrogen and oxygen atoms in total. The zero-order valence-corrected chi connectivity index (χ0v) is 7.91. The number of aromatic nitrogens is 2. The molecule has 0 aliphatic carbocycles. The second-order valence-electron chi connectivity index (χ2n) is 3.45. The molecule has 0 unspecified atom stereocenters. The van der Waals surface area contributed by atoms with Gasteiger partial charge in [0.05, 0.1) is 0 Å². The summed E-state index contributed by atoms with van der Waals surface area (Å²) < 4.78 is 13.0. The van der Waals surface area contributed by atoms with Crippen molar-refractivity contribution in [2.75, 3.05) is 23.7 Å². The van der Waals surface area contributed by atoms with Gasteiger partial charge in [0.2, 0.25) is 5.95 Å². The van der Waals surface area contributed by atoms with Gasteiger partial charge in [0.15, 0.2) is 5.82 Å². The molecule has 0 radical (unpaired) electrons. The Morgan fingerprint density at radius 1 is 1.21 bits per heavy atom. The number of halogens is 1. The number of hydrogen-bond donors (Lipinski definition) is 1. The Bertz CT molecular complexity index is 323. The van der Waals surface area contributed by atoms with E-state index >= 15 is 0 Å². The van der Waals surface area contributed by atoms with Gasteiger partial charge in [0.1, 0.15) is 12.0 Å². The van der Waals surface area contributed by atoms with Crippen LogP contribution in [-0.2, 0) is 0 Å². The van der Waals surface area contributed by atoms with Crippen LogP contribution in [-0.4, -0.2) is 23.1 Å². The number of nitrogens with zero attached hydrogens (tertiary/aromatic N) is 3. The largest absolute Gasteiger partial charge is 0.392 e. The minimum absolute atomic E-state index is 0.0643. The van der Waals surface area contributed by atoms with Crippen molar-refractivity contribution in [2.45, 2.75) is 19.3 Å². The number of nitrogens with two attached hydrogens (primary N) is 1. The fourth-order valence-corrected chi connectivity index (χ4v) is 1.72. The zero-order valence-electron chi connectivity index (χ0n) is 7.91. The molecule has 0 saturated carbocycles. The van der Waals surface area contributed by atoms with E-state index in [-0.39, 0.29) is 5.69 Å². The van der Waals surface area contributed by atoms with Crippen LogP contribution in [0.2, 0.25) is 0 Å². The number of nitrogen functional groups attached to an aromatic ring is 1. The Morgan fingerprint density at radius 2 is 1.93 bits per heavy atom. The maximum atomic E-state index is 13.0. The quantitative estimate of drug-likeness (QED) is 0.685. The summed E-state index contributed by atoms with van der Waals surface area (Å²) in [5.74, 6) is -0.0854. The molecule has 1 fully saturated rings. The van der Waals surface area contributed by atoms with Crippen LogP contribution in [0.15, 0.2) is 6.33 Å². The number of anilines is 2. The monoisotopic (exact) mass is 196 g/mol. The van der Waals surface area contributed by atoms with Crippen LogP contribution >= 0.6 is 0 Å². The molecular formula is C9H13FN4. The third-order valence-corrected chi connectivity index (χ3v) is 2.47. The van der Waals surface area contributed by atoms with Crippen LogP contribution in [0.25, 0.3) is 0 Å². The van der Waals surface area contributed by atoms with Gasteiger partial charge in [-0.15, -0.1) is 0 Å². The van der Waals surface area contributed by atoms with Crippen LogP contribution in [0.5, 0.6) is 0 Å². The maximum absolute atomic E-state index is 13.0. The van der Waals surface area contributed by atoms with Gasteiger partial charge in [-0.05, 0) is 19.3 Å². The Balaban J connectivity index is 2.26. The summed E-state index contributed by atoms with van der Waals surface area (Å²) in [5, 5.41) is 0. The molecule has 1 aliphatic rings. The normalized spacial score (nSPS) is 17.1. The van der Waals surface area contributed by atoms with Crippen LogP contribution in [0.3, 0.4) is 0 Å². The number of hydrogen-bond acceptors (Lipinski definition) is 4. The second kappa shape index (κ2) is 3.77. The Morgan fingerprint density at radius 3 is 2.64 bits per heavy atom. The van der Waals surface area contributed by atoms with Crippen molar-refractivity contribution in [2.24, 2.45) is 0 Å². The van der Waals surface area contributed by atoms with Gasteiger partial charge in [-0.2, -0.15) is 4.39 Å². The van der Waals surface area contributed by atoms with Gasteiger partial charge >= 0.3 is 0 Å². The lowest BCUT2D eigenvalue weighted by molar-refractivity contribution is 0.560. The lowest BCUT2D eigenvalue weighted by Gasteiger charge is -2.28. The molecule has 14 heavy (non-hydrogen) atoms. The molecule has 2 N–H and O–H groups in total. The topological polar surface area (TPSA) is 55.0 Å². The molecule has 1 aliphatic heterocycles. The first-order chi connectivity index (χ1) is 6.79. The fraction of sp³-hybridized carbons (Fsp3) is 0.556. The molecule has 2 heterocycles. The Kier molecular flexibility index (Phi) is 2.47. The summed E-state index contributed by atoms with van der Waals surface area (Å²) in [6.07, 6.45) is 4.68. The van der Waals surface area contributed by atoms with Gasteiger partial charge in [-0.1, -0.05) is 0 Å². The molecule has 1 saturated heterocycles. The lowest BCUT2D eigenvalue weighted by Crippen LogP contribution is -2.31. The van der Waals surface area contributed by atoms with E-state index in [2.05, 4.69) is 9.97 Å². The van der Waals surface area contributed by atoms with Crippen molar-refractivity contribution < 1.29 is 4.39 Å². The van der Waals surface area contributed by atoms with E-state index in [0.717, 1.165) is 25.9 Å². The molecule has 76 valence electrons. The van der Waals surface area contributed by atoms with Gasteiger partial charge in [0, 0.05) is 13.1 Å². The van der Waals surface area contributed by atoms with Crippen LogP contribution < -0.4 is 10.6 Å². The van der Waals surface area contributed by atoms with Gasteiger partial charge in [-0.25, -0.2) is 9.97 Å². The molecule has 0 bridgehead atoms. The average molecular weight is 196 g/mol. The minimum Gasteiger partial charge on any atom is -0.392 e. The lowest BCUT2D eigenvalue weighted by atomic mass is 10.1. The smallest absolute Gasteiger partial charge is 0.241 e. The molecule has 0 spiro atoms. The van der Waals surface area contributed by atoms with E-state index in [4.69, 9.17) is 5.73 Å². The third-order valence-electron chi connectivity index (χ3n) is 2.47. The summed E-state index contributed by atoms with van der Waals surface area (Å²) >= 11 is 0. The molecule has 2 rings (SSSR count). The maximum Gasteiger partial charge on any atom is 0.241 e. The fourth-order valence-electron chi connectivity index (χ4n) is 1.72. The van der Waals surface area contributed by atoms with Crippen molar-refractivity contribution in [3.8, 4) is 0 Å². The Labute approximate surface area is 82.0 Å². The van der Waals surface area contributed by atoms with E-state index < -0.39 is 5.95 Å². The zero-order chi connectivity index (χ0) is 9.97. The predicted octanol–water partition coefficient (Wildman–Crippen LogP) is 1.19. The van der Waals surface area contributed by atoms with Crippen molar-refractivity contribution in [3.63, 3.8) is 0 Å². The standard InChI is InChI=1S/C9H13FN4/c10-8-7(11)9(13-6-12-8)14-4-2-1-3-5-14/h6H,1-5,11H2. The summed E-state index contributed by atoms with van der Waals surface area (Å²) in [6.45, 7) is 1.81. The van der Waals surface area contributed by atoms with Gasteiger partial charge in [0.25, 0.3) is 0 Å². The van der Waals surface area contributed by atoms with Crippen molar-refractivity contribution >= 4 is 11.5 Å². The third kappa shape index (κ3) is 1.62. The first kappa shape index (κ1) is 9.18. The highest BCUT2D eigenvalue weighted by Gasteiger charge is 2.16. The van der Waals surface area contributed by atoms with Crippen molar-refractivity contribution in [3.05, 3.63) is 12.3 Å². The summed E-state index contributed by atoms with van der Waals surface area (Å²) in [4.78, 5) is 9.43. The molecule has 0 atom stereocenters. The van der Waals surface area contributed by atoms with E-state index in [9.17, 15) is 4.39 Å². The van der Waals surface area contributed by atoms with Crippen LogP contribution in [0, 0.1) is 5.95 Å². The highest BCUT2D eigenvalue weighted by Crippen LogP contribution is 2.24. The summed E-state index contributed by atoms with van der Waals surface area (Å²) in [7, 11) is 0. The second-order valence-corrected chi connectivity index (χ2v) is 3.45. The summed E-state index contributed by atoms with van der Waals surface area (Å²) in [5.41, 5.74) is 5.64. The highest BCUT2D eigenvalue weighted by atomic mass is 19.1. The van der Waals surface area contributed by atoms with Crippen molar-refractivity contribution in [1.29, 1.82) is 0 Å². The van der Waals surface area contributed by atoms with E-state index in [1.807, 2.05) is 4.90 Å². The van der Waals surface area contributed by atoms with E-state index in [1.165, 1.54) is 12.7 Å². The van der Waals surface area contributed by atoms with Crippen LogP contribution in [0.1, 0.15) is 19.3 Å². The molecule has 1 aromatic rings. The molecule has 1 aromatic heterocycles. The van der Waals surface area contributed by atoms with Crippen LogP contribution in [0.4, 0.5) is 15.9 Å². The van der Waals surface area contributed by atoms with E-state index in [0.29, 0.717) is 5.82 Å². The number of piperidine rings is 1. The molecular weight excluding hydrogens is 183 g/mol. The van der Waals surface area contributed by atoms with Crippen molar-refractivity contribution in [1.82, 2.24) is 9.97 Å². The van der Waals surface area contributed by atoms with Gasteiger partial charge < -0.3 is 10.6 Å². The Hall–Kier alpha value is -1.39.